The maximum Gasteiger partial charge on any atom is 0.337 e. The molecule has 0 spiro atoms. The number of benzene rings is 1. The standard InChI is InChI=1S/C16H12N2O3/c1-10-14(13-8-7-12(9-17-13)16(19)20)15(18-21-10)11-5-3-2-4-6-11/h2-9H,1H3,(H,19,20). The second kappa shape index (κ2) is 5.20. The van der Waals surface area contributed by atoms with E-state index in [1.54, 1.807) is 6.07 Å². The van der Waals surface area contributed by atoms with Crippen molar-refractivity contribution < 1.29 is 14.4 Å². The molecule has 0 fully saturated rings. The lowest BCUT2D eigenvalue weighted by Gasteiger charge is -2.03. The van der Waals surface area contributed by atoms with Crippen LogP contribution in [-0.2, 0) is 0 Å². The van der Waals surface area contributed by atoms with Gasteiger partial charge in [-0.15, -0.1) is 0 Å². The van der Waals surface area contributed by atoms with Gasteiger partial charge in [-0.25, -0.2) is 4.79 Å². The Kier molecular flexibility index (Phi) is 3.23. The third kappa shape index (κ3) is 2.41. The fourth-order valence-electron chi connectivity index (χ4n) is 2.14. The first-order valence-electron chi connectivity index (χ1n) is 6.38. The molecule has 5 nitrogen and oxygen atoms in total. The summed E-state index contributed by atoms with van der Waals surface area (Å²) in [6.45, 7) is 1.81. The summed E-state index contributed by atoms with van der Waals surface area (Å²) in [5.41, 5.74) is 3.18. The van der Waals surface area contributed by atoms with Crippen LogP contribution in [-0.4, -0.2) is 21.2 Å². The van der Waals surface area contributed by atoms with Crippen molar-refractivity contribution in [3.8, 4) is 22.5 Å². The molecule has 0 amide bonds. The highest BCUT2D eigenvalue weighted by atomic mass is 16.5. The fraction of sp³-hybridized carbons (Fsp3) is 0.0625. The Morgan fingerprint density at radius 3 is 2.52 bits per heavy atom. The third-order valence-electron chi connectivity index (χ3n) is 3.18. The van der Waals surface area contributed by atoms with Gasteiger partial charge >= 0.3 is 5.97 Å². The van der Waals surface area contributed by atoms with Gasteiger partial charge in [-0.05, 0) is 19.1 Å². The second-order valence-electron chi connectivity index (χ2n) is 4.57. The minimum absolute atomic E-state index is 0.147. The van der Waals surface area contributed by atoms with Gasteiger partial charge in [0.2, 0.25) is 0 Å². The van der Waals surface area contributed by atoms with E-state index in [0.29, 0.717) is 17.1 Å². The van der Waals surface area contributed by atoms with Crippen LogP contribution < -0.4 is 0 Å². The molecule has 0 aliphatic heterocycles. The number of nitrogens with zero attached hydrogens (tertiary/aromatic N) is 2. The summed E-state index contributed by atoms with van der Waals surface area (Å²) in [4.78, 5) is 15.1. The van der Waals surface area contributed by atoms with E-state index in [1.807, 2.05) is 37.3 Å². The van der Waals surface area contributed by atoms with Crippen molar-refractivity contribution in [2.24, 2.45) is 0 Å². The highest BCUT2D eigenvalue weighted by Gasteiger charge is 2.17. The smallest absolute Gasteiger partial charge is 0.337 e. The first-order valence-corrected chi connectivity index (χ1v) is 6.38. The lowest BCUT2D eigenvalue weighted by atomic mass is 10.0. The van der Waals surface area contributed by atoms with E-state index >= 15 is 0 Å². The number of aromatic nitrogens is 2. The minimum Gasteiger partial charge on any atom is -0.478 e. The SMILES string of the molecule is Cc1onc(-c2ccccc2)c1-c1ccc(C(=O)O)cn1. The first kappa shape index (κ1) is 13.1. The molecule has 0 aliphatic carbocycles. The Bertz CT molecular complexity index is 777. The number of pyridine rings is 1. The molecule has 104 valence electrons. The molecule has 3 aromatic rings. The largest absolute Gasteiger partial charge is 0.478 e. The number of hydrogen-bond donors (Lipinski definition) is 1. The molecular formula is C16H12N2O3. The van der Waals surface area contributed by atoms with Crippen LogP contribution >= 0.6 is 0 Å². The van der Waals surface area contributed by atoms with Crippen LogP contribution in [0.2, 0.25) is 0 Å². The molecule has 1 aromatic carbocycles. The molecule has 0 aliphatic rings. The lowest BCUT2D eigenvalue weighted by Crippen LogP contribution is -1.97. The normalized spacial score (nSPS) is 10.5. The van der Waals surface area contributed by atoms with Gasteiger partial charge < -0.3 is 9.63 Å². The molecule has 0 radical (unpaired) electrons. The maximum absolute atomic E-state index is 10.9. The van der Waals surface area contributed by atoms with Gasteiger partial charge in [0.25, 0.3) is 0 Å². The summed E-state index contributed by atoms with van der Waals surface area (Å²) in [6.07, 6.45) is 1.33. The Hall–Kier alpha value is -2.95. The Labute approximate surface area is 120 Å². The highest BCUT2D eigenvalue weighted by Crippen LogP contribution is 2.32. The zero-order valence-corrected chi connectivity index (χ0v) is 11.3. The summed E-state index contributed by atoms with van der Waals surface area (Å²) in [5.74, 6) is -0.358. The van der Waals surface area contributed by atoms with Gasteiger partial charge in [0.15, 0.2) is 0 Å². The Balaban J connectivity index is 2.10. The van der Waals surface area contributed by atoms with Gasteiger partial charge in [-0.1, -0.05) is 35.5 Å². The first-order chi connectivity index (χ1) is 10.2. The number of carboxylic acids is 1. The zero-order chi connectivity index (χ0) is 14.8. The highest BCUT2D eigenvalue weighted by molar-refractivity contribution is 5.88. The van der Waals surface area contributed by atoms with Crippen molar-refractivity contribution in [1.82, 2.24) is 10.1 Å². The molecule has 1 N–H and O–H groups in total. The number of hydrogen-bond acceptors (Lipinski definition) is 4. The molecule has 21 heavy (non-hydrogen) atoms. The van der Waals surface area contributed by atoms with Crippen molar-refractivity contribution in [1.29, 1.82) is 0 Å². The quantitative estimate of drug-likeness (QED) is 0.795. The van der Waals surface area contributed by atoms with Crippen LogP contribution in [0, 0.1) is 6.92 Å². The number of rotatable bonds is 3. The molecular weight excluding hydrogens is 268 g/mol. The predicted octanol–water partition coefficient (Wildman–Crippen LogP) is 3.41. The van der Waals surface area contributed by atoms with E-state index in [9.17, 15) is 4.79 Å². The predicted molar refractivity (Wildman–Crippen MR) is 76.9 cm³/mol. The molecule has 2 heterocycles. The van der Waals surface area contributed by atoms with E-state index in [4.69, 9.17) is 9.63 Å². The van der Waals surface area contributed by atoms with Gasteiger partial charge in [0.1, 0.15) is 11.5 Å². The van der Waals surface area contributed by atoms with Crippen molar-refractivity contribution >= 4 is 5.97 Å². The number of aryl methyl sites for hydroxylation is 1. The number of carbonyl (C=O) groups is 1. The summed E-state index contributed by atoms with van der Waals surface area (Å²) >= 11 is 0. The van der Waals surface area contributed by atoms with Gasteiger partial charge in [0.05, 0.1) is 16.8 Å². The van der Waals surface area contributed by atoms with Crippen LogP contribution in [0.15, 0.2) is 53.2 Å². The molecule has 0 saturated heterocycles. The molecule has 0 bridgehead atoms. The summed E-state index contributed by atoms with van der Waals surface area (Å²) in [7, 11) is 0. The average molecular weight is 280 g/mol. The van der Waals surface area contributed by atoms with Crippen LogP contribution in [0.25, 0.3) is 22.5 Å². The topological polar surface area (TPSA) is 76.2 Å². The molecule has 2 aromatic heterocycles. The van der Waals surface area contributed by atoms with Crippen LogP contribution in [0.3, 0.4) is 0 Å². The van der Waals surface area contributed by atoms with Crippen LogP contribution in [0.5, 0.6) is 0 Å². The van der Waals surface area contributed by atoms with Gasteiger partial charge in [-0.3, -0.25) is 4.98 Å². The monoisotopic (exact) mass is 280 g/mol. The van der Waals surface area contributed by atoms with E-state index in [-0.39, 0.29) is 5.56 Å². The molecule has 0 atom stereocenters. The summed E-state index contributed by atoms with van der Waals surface area (Å²) in [6, 6.07) is 12.8. The second-order valence-corrected chi connectivity index (χ2v) is 4.57. The minimum atomic E-state index is -1.00. The third-order valence-corrected chi connectivity index (χ3v) is 3.18. The number of aromatic carboxylic acids is 1. The van der Waals surface area contributed by atoms with Gasteiger partial charge in [0, 0.05) is 11.8 Å². The van der Waals surface area contributed by atoms with Gasteiger partial charge in [-0.2, -0.15) is 0 Å². The molecule has 0 saturated carbocycles. The fourth-order valence-corrected chi connectivity index (χ4v) is 2.14. The van der Waals surface area contributed by atoms with E-state index in [1.165, 1.54) is 12.3 Å². The Morgan fingerprint density at radius 2 is 1.90 bits per heavy atom. The maximum atomic E-state index is 10.9. The Morgan fingerprint density at radius 1 is 1.14 bits per heavy atom. The summed E-state index contributed by atoms with van der Waals surface area (Å²) in [5, 5.41) is 13.0. The molecule has 3 rings (SSSR count). The van der Waals surface area contributed by atoms with Crippen molar-refractivity contribution in [3.05, 3.63) is 60.0 Å². The number of carboxylic acid groups (broad SMARTS) is 1. The van der Waals surface area contributed by atoms with Crippen LogP contribution in [0.4, 0.5) is 0 Å². The van der Waals surface area contributed by atoms with E-state index in [2.05, 4.69) is 10.1 Å². The van der Waals surface area contributed by atoms with E-state index in [0.717, 1.165) is 11.1 Å². The zero-order valence-electron chi connectivity index (χ0n) is 11.3. The average Bonchev–Trinajstić information content (AvgIpc) is 2.90. The molecule has 0 unspecified atom stereocenters. The van der Waals surface area contributed by atoms with Crippen LogP contribution in [0.1, 0.15) is 16.1 Å². The van der Waals surface area contributed by atoms with Crippen molar-refractivity contribution in [2.75, 3.05) is 0 Å². The summed E-state index contributed by atoms with van der Waals surface area (Å²) < 4.78 is 5.28. The van der Waals surface area contributed by atoms with Crippen molar-refractivity contribution in [2.45, 2.75) is 6.92 Å². The lowest BCUT2D eigenvalue weighted by molar-refractivity contribution is 0.0696. The van der Waals surface area contributed by atoms with Crippen molar-refractivity contribution in [3.63, 3.8) is 0 Å². The van der Waals surface area contributed by atoms with E-state index < -0.39 is 5.97 Å². The molecule has 5 heteroatoms.